The molecule has 0 saturated carbocycles. The lowest BCUT2D eigenvalue weighted by atomic mass is 10.2. The summed E-state index contributed by atoms with van der Waals surface area (Å²) in [5, 5.41) is 0. The summed E-state index contributed by atoms with van der Waals surface area (Å²) >= 11 is 0. The number of carbonyl (C=O) groups is 1. The number of para-hydroxylation sites is 2. The van der Waals surface area contributed by atoms with Crippen LogP contribution in [0.2, 0.25) is 0 Å². The lowest BCUT2D eigenvalue weighted by Crippen LogP contribution is -2.12. The van der Waals surface area contributed by atoms with Crippen molar-refractivity contribution in [2.45, 2.75) is 13.1 Å². The second-order valence-corrected chi connectivity index (χ2v) is 4.20. The third kappa shape index (κ3) is 3.75. The molecule has 116 valence electrons. The predicted molar refractivity (Wildman–Crippen MR) is 71.8 cm³/mol. The maximum Gasteiger partial charge on any atom is 0.433 e. The van der Waals surface area contributed by atoms with Gasteiger partial charge in [-0.15, -0.1) is 0 Å². The molecule has 0 fully saturated rings. The van der Waals surface area contributed by atoms with Crippen LogP contribution < -0.4 is 9.47 Å². The van der Waals surface area contributed by atoms with Crippen molar-refractivity contribution in [3.63, 3.8) is 0 Å². The lowest BCUT2D eigenvalue weighted by Gasteiger charge is -2.10. The van der Waals surface area contributed by atoms with Gasteiger partial charge < -0.3 is 9.47 Å². The molecular formula is C15H12F3NO3. The Morgan fingerprint density at radius 2 is 1.82 bits per heavy atom. The summed E-state index contributed by atoms with van der Waals surface area (Å²) in [6.45, 7) is 2.16. The number of hydrogen-bond donors (Lipinski definition) is 0. The van der Waals surface area contributed by atoms with Crippen LogP contribution in [0.3, 0.4) is 0 Å². The van der Waals surface area contributed by atoms with E-state index in [1.165, 1.54) is 6.07 Å². The largest absolute Gasteiger partial charge is 0.490 e. The maximum atomic E-state index is 12.4. The third-order valence-electron chi connectivity index (χ3n) is 2.64. The van der Waals surface area contributed by atoms with Crippen molar-refractivity contribution < 1.29 is 27.4 Å². The molecule has 0 radical (unpaired) electrons. The first-order valence-corrected chi connectivity index (χ1v) is 6.39. The lowest BCUT2D eigenvalue weighted by molar-refractivity contribution is -0.141. The molecule has 0 aliphatic rings. The van der Waals surface area contributed by atoms with E-state index in [0.717, 1.165) is 18.3 Å². The van der Waals surface area contributed by atoms with Crippen molar-refractivity contribution in [1.82, 2.24) is 4.98 Å². The summed E-state index contributed by atoms with van der Waals surface area (Å²) in [5.74, 6) is -0.249. The highest BCUT2D eigenvalue weighted by molar-refractivity contribution is 5.91. The molecule has 1 heterocycles. The highest BCUT2D eigenvalue weighted by Crippen LogP contribution is 2.29. The fraction of sp³-hybridized carbons (Fsp3) is 0.200. The van der Waals surface area contributed by atoms with E-state index in [4.69, 9.17) is 9.47 Å². The first-order valence-electron chi connectivity index (χ1n) is 6.39. The number of aromatic nitrogens is 1. The minimum atomic E-state index is -4.55. The predicted octanol–water partition coefficient (Wildman–Crippen LogP) is 3.72. The van der Waals surface area contributed by atoms with Crippen molar-refractivity contribution in [1.29, 1.82) is 0 Å². The molecule has 0 bridgehead atoms. The summed E-state index contributed by atoms with van der Waals surface area (Å²) in [5.41, 5.74) is -1.15. The van der Waals surface area contributed by atoms with Gasteiger partial charge in [0.15, 0.2) is 11.5 Å². The minimum Gasteiger partial charge on any atom is -0.490 e. The molecule has 0 atom stereocenters. The van der Waals surface area contributed by atoms with Gasteiger partial charge in [-0.05, 0) is 31.2 Å². The molecule has 0 N–H and O–H groups in total. The first-order chi connectivity index (χ1) is 10.4. The van der Waals surface area contributed by atoms with Crippen LogP contribution in [0.5, 0.6) is 11.5 Å². The fourth-order valence-corrected chi connectivity index (χ4v) is 1.65. The smallest absolute Gasteiger partial charge is 0.433 e. The summed E-state index contributed by atoms with van der Waals surface area (Å²) < 4.78 is 47.7. The van der Waals surface area contributed by atoms with Gasteiger partial charge in [0, 0.05) is 6.20 Å². The van der Waals surface area contributed by atoms with Crippen LogP contribution >= 0.6 is 0 Å². The molecule has 2 aromatic rings. The van der Waals surface area contributed by atoms with Crippen molar-refractivity contribution in [3.05, 3.63) is 53.9 Å². The van der Waals surface area contributed by atoms with Gasteiger partial charge in [-0.25, -0.2) is 4.79 Å². The molecule has 0 saturated heterocycles. The van der Waals surface area contributed by atoms with Crippen LogP contribution in [0.25, 0.3) is 0 Å². The van der Waals surface area contributed by atoms with Crippen LogP contribution in [-0.2, 0) is 6.18 Å². The molecule has 0 amide bonds. The zero-order valence-corrected chi connectivity index (χ0v) is 11.6. The van der Waals surface area contributed by atoms with Crippen LogP contribution in [0.4, 0.5) is 13.2 Å². The highest BCUT2D eigenvalue weighted by Gasteiger charge is 2.32. The van der Waals surface area contributed by atoms with Gasteiger partial charge in [-0.3, -0.25) is 4.98 Å². The number of esters is 1. The van der Waals surface area contributed by atoms with Crippen LogP contribution in [0.1, 0.15) is 23.0 Å². The molecule has 2 rings (SSSR count). The number of nitrogens with zero attached hydrogens (tertiary/aromatic N) is 1. The number of ether oxygens (including phenoxy) is 2. The summed E-state index contributed by atoms with van der Waals surface area (Å²) in [6.07, 6.45) is -3.72. The minimum absolute atomic E-state index is 0.0840. The first kappa shape index (κ1) is 15.8. The van der Waals surface area contributed by atoms with Gasteiger partial charge >= 0.3 is 12.1 Å². The molecule has 1 aromatic heterocycles. The average molecular weight is 311 g/mol. The Balaban J connectivity index is 2.16. The molecule has 7 heteroatoms. The van der Waals surface area contributed by atoms with Gasteiger partial charge in [0.2, 0.25) is 0 Å². The Hall–Kier alpha value is -2.57. The van der Waals surface area contributed by atoms with Gasteiger partial charge in [0.25, 0.3) is 0 Å². The van der Waals surface area contributed by atoms with E-state index in [-0.39, 0.29) is 11.3 Å². The molecule has 4 nitrogen and oxygen atoms in total. The van der Waals surface area contributed by atoms with E-state index < -0.39 is 17.8 Å². The van der Waals surface area contributed by atoms with E-state index >= 15 is 0 Å². The number of rotatable bonds is 4. The highest BCUT2D eigenvalue weighted by atomic mass is 19.4. The van der Waals surface area contributed by atoms with E-state index in [0.29, 0.717) is 12.4 Å². The third-order valence-corrected chi connectivity index (χ3v) is 2.64. The van der Waals surface area contributed by atoms with E-state index in [1.54, 1.807) is 25.1 Å². The number of hydrogen-bond acceptors (Lipinski definition) is 4. The van der Waals surface area contributed by atoms with Crippen molar-refractivity contribution in [2.75, 3.05) is 6.61 Å². The number of benzene rings is 1. The second kappa shape index (κ2) is 6.46. The zero-order chi connectivity index (χ0) is 16.2. The van der Waals surface area contributed by atoms with E-state index in [1.807, 2.05) is 0 Å². The molecule has 0 aliphatic carbocycles. The van der Waals surface area contributed by atoms with Gasteiger partial charge in [-0.1, -0.05) is 12.1 Å². The SMILES string of the molecule is CCOc1ccccc1OC(=O)c1ccc(C(F)(F)F)nc1. The average Bonchev–Trinajstić information content (AvgIpc) is 2.49. The van der Waals surface area contributed by atoms with Gasteiger partial charge in [0.1, 0.15) is 5.69 Å². The molecule has 0 unspecified atom stereocenters. The van der Waals surface area contributed by atoms with Gasteiger partial charge in [-0.2, -0.15) is 13.2 Å². The quantitative estimate of drug-likeness (QED) is 0.638. The second-order valence-electron chi connectivity index (χ2n) is 4.20. The van der Waals surface area contributed by atoms with E-state index in [9.17, 15) is 18.0 Å². The Kier molecular flexibility index (Phi) is 4.65. The number of carbonyl (C=O) groups excluding carboxylic acids is 1. The van der Waals surface area contributed by atoms with Crippen molar-refractivity contribution >= 4 is 5.97 Å². The normalized spacial score (nSPS) is 11.1. The Morgan fingerprint density at radius 3 is 2.36 bits per heavy atom. The molecular weight excluding hydrogens is 299 g/mol. The maximum absolute atomic E-state index is 12.4. The summed E-state index contributed by atoms with van der Waals surface area (Å²) in [7, 11) is 0. The fourth-order valence-electron chi connectivity index (χ4n) is 1.65. The molecule has 1 aromatic carbocycles. The molecule has 0 aliphatic heterocycles. The zero-order valence-electron chi connectivity index (χ0n) is 11.6. The van der Waals surface area contributed by atoms with E-state index in [2.05, 4.69) is 4.98 Å². The molecule has 22 heavy (non-hydrogen) atoms. The summed E-state index contributed by atoms with van der Waals surface area (Å²) in [6, 6.07) is 8.25. The van der Waals surface area contributed by atoms with Crippen LogP contribution in [0, 0.1) is 0 Å². The Bertz CT molecular complexity index is 654. The van der Waals surface area contributed by atoms with Crippen LogP contribution in [0.15, 0.2) is 42.6 Å². The number of alkyl halides is 3. The number of pyridine rings is 1. The number of halogens is 3. The topological polar surface area (TPSA) is 48.4 Å². The van der Waals surface area contributed by atoms with Crippen molar-refractivity contribution in [2.24, 2.45) is 0 Å². The van der Waals surface area contributed by atoms with Gasteiger partial charge in [0.05, 0.1) is 12.2 Å². The van der Waals surface area contributed by atoms with Crippen molar-refractivity contribution in [3.8, 4) is 11.5 Å². The monoisotopic (exact) mass is 311 g/mol. The van der Waals surface area contributed by atoms with Crippen LogP contribution in [-0.4, -0.2) is 17.6 Å². The molecule has 0 spiro atoms. The Labute approximate surface area is 124 Å². The summed E-state index contributed by atoms with van der Waals surface area (Å²) in [4.78, 5) is 15.1. The Morgan fingerprint density at radius 1 is 1.14 bits per heavy atom. The standard InChI is InChI=1S/C15H12F3NO3/c1-2-21-11-5-3-4-6-12(11)22-14(20)10-7-8-13(19-9-10)15(16,17)18/h3-9H,2H2,1H3.